The van der Waals surface area contributed by atoms with Gasteiger partial charge in [0.1, 0.15) is 5.52 Å². The third-order valence-electron chi connectivity index (χ3n) is 5.57. The first kappa shape index (κ1) is 19.9. The number of amides is 2. The van der Waals surface area contributed by atoms with E-state index < -0.39 is 0 Å². The van der Waals surface area contributed by atoms with E-state index in [1.54, 1.807) is 19.4 Å². The van der Waals surface area contributed by atoms with Gasteiger partial charge in [-0.15, -0.1) is 0 Å². The van der Waals surface area contributed by atoms with Gasteiger partial charge in [-0.3, -0.25) is 14.6 Å². The maximum Gasteiger partial charge on any atom is 0.227 e. The van der Waals surface area contributed by atoms with Crippen LogP contribution < -0.4 is 10.6 Å². The fourth-order valence-electron chi connectivity index (χ4n) is 4.03. The fourth-order valence-corrected chi connectivity index (χ4v) is 4.03. The van der Waals surface area contributed by atoms with Crippen LogP contribution >= 0.6 is 0 Å². The monoisotopic (exact) mass is 408 g/mol. The van der Waals surface area contributed by atoms with Crippen LogP contribution in [0.25, 0.3) is 22.4 Å². The number of carbonyl (C=O) groups excluding carboxylic acids is 2. The summed E-state index contributed by atoms with van der Waals surface area (Å²) in [6.07, 6.45) is 11.1. The number of aryl methyl sites for hydroxylation is 1. The van der Waals surface area contributed by atoms with Crippen molar-refractivity contribution in [3.8, 4) is 11.3 Å². The van der Waals surface area contributed by atoms with Crippen LogP contribution in [-0.4, -0.2) is 44.4 Å². The predicted octanol–water partition coefficient (Wildman–Crippen LogP) is 2.12. The van der Waals surface area contributed by atoms with Gasteiger partial charge >= 0.3 is 0 Å². The topological polar surface area (TPSA) is 105 Å². The number of allylic oxidation sites excluding steroid dienone is 1. The molecule has 2 amide bonds. The van der Waals surface area contributed by atoms with Crippen molar-refractivity contribution in [1.29, 1.82) is 0 Å². The Bertz CT molecular complexity index is 1100. The lowest BCUT2D eigenvalue weighted by Crippen LogP contribution is -2.40. The number of hydrogen-bond donors (Lipinski definition) is 3. The zero-order chi connectivity index (χ0) is 21.3. The summed E-state index contributed by atoms with van der Waals surface area (Å²) in [6, 6.07) is 1.77. The minimum Gasteiger partial charge on any atom is -0.359 e. The molecule has 8 nitrogen and oxygen atoms in total. The number of H-pyrrole nitrogens is 1. The summed E-state index contributed by atoms with van der Waals surface area (Å²) >= 11 is 0. The van der Waals surface area contributed by atoms with Crippen LogP contribution in [0.4, 0.5) is 0 Å². The molecule has 1 aliphatic carbocycles. The van der Waals surface area contributed by atoms with Crippen molar-refractivity contribution in [3.05, 3.63) is 48.1 Å². The number of aromatic nitrogens is 4. The van der Waals surface area contributed by atoms with Crippen LogP contribution in [-0.2, 0) is 29.5 Å². The maximum absolute atomic E-state index is 12.9. The van der Waals surface area contributed by atoms with Crippen molar-refractivity contribution < 1.29 is 11.0 Å². The van der Waals surface area contributed by atoms with E-state index in [-0.39, 0.29) is 31.6 Å². The Hall–Kier alpha value is -3.42. The molecule has 0 bridgehead atoms. The highest BCUT2D eigenvalue weighted by Gasteiger charge is 2.26. The summed E-state index contributed by atoms with van der Waals surface area (Å²) in [5.41, 5.74) is 5.90. The zero-order valence-corrected chi connectivity index (χ0v) is 17.4. The molecule has 0 fully saturated rings. The summed E-state index contributed by atoms with van der Waals surface area (Å²) in [6.45, 7) is 1.84. The molecule has 0 saturated carbocycles. The highest BCUT2D eigenvalue weighted by atomic mass is 16.2. The molecule has 0 aliphatic heterocycles. The lowest BCUT2D eigenvalue weighted by atomic mass is 9.96. The highest BCUT2D eigenvalue weighted by molar-refractivity contribution is 5.84. The molecule has 3 heterocycles. The van der Waals surface area contributed by atoms with Gasteiger partial charge < -0.3 is 20.2 Å². The van der Waals surface area contributed by atoms with Crippen LogP contribution in [0.3, 0.4) is 0 Å². The lowest BCUT2D eigenvalue weighted by Gasteiger charge is -2.17. The second-order valence-electron chi connectivity index (χ2n) is 7.78. The number of hydrogen-bond acceptors (Lipinski definition) is 4. The van der Waals surface area contributed by atoms with Crippen LogP contribution in [0.1, 0.15) is 26.0 Å². The van der Waals surface area contributed by atoms with Crippen LogP contribution in [0, 0.1) is 5.92 Å². The standard InChI is InChI=1S/C22H26N6O2.H2/c1-13(9-20(29)23-2)26-22(30)14-5-4-6-19-15(10-14)16(12-28(19)3)17-11-18-21(27-17)25-8-7-24-18;/h4-5,7-8,11-14H,6,9-10H2,1-3H3,(H,23,29)(H,25,27)(H,26,30);1H. The largest absolute Gasteiger partial charge is 0.359 e. The van der Waals surface area contributed by atoms with Crippen LogP contribution in [0.5, 0.6) is 0 Å². The summed E-state index contributed by atoms with van der Waals surface area (Å²) in [4.78, 5) is 36.5. The van der Waals surface area contributed by atoms with E-state index >= 15 is 0 Å². The van der Waals surface area contributed by atoms with E-state index in [0.717, 1.165) is 34.4 Å². The molecule has 2 unspecified atom stereocenters. The van der Waals surface area contributed by atoms with Crippen LogP contribution in [0.15, 0.2) is 36.8 Å². The van der Waals surface area contributed by atoms with Gasteiger partial charge in [0.2, 0.25) is 11.8 Å². The van der Waals surface area contributed by atoms with Crippen molar-refractivity contribution in [2.45, 2.75) is 32.2 Å². The summed E-state index contributed by atoms with van der Waals surface area (Å²) in [7, 11) is 3.62. The van der Waals surface area contributed by atoms with Crippen molar-refractivity contribution in [3.63, 3.8) is 0 Å². The Morgan fingerprint density at radius 3 is 2.93 bits per heavy atom. The lowest BCUT2D eigenvalue weighted by molar-refractivity contribution is -0.125. The Labute approximate surface area is 176 Å². The van der Waals surface area contributed by atoms with Crippen LogP contribution in [0.2, 0.25) is 0 Å². The van der Waals surface area contributed by atoms with Gasteiger partial charge in [0.15, 0.2) is 5.65 Å². The minimum absolute atomic E-state index is 0. The second-order valence-corrected chi connectivity index (χ2v) is 7.78. The van der Waals surface area contributed by atoms with E-state index in [9.17, 15) is 9.59 Å². The third kappa shape index (κ3) is 3.85. The molecular weight excluding hydrogens is 380 g/mol. The summed E-state index contributed by atoms with van der Waals surface area (Å²) < 4.78 is 2.12. The molecule has 0 aromatic carbocycles. The zero-order valence-electron chi connectivity index (χ0n) is 17.4. The molecule has 4 rings (SSSR count). The number of carbonyl (C=O) groups is 2. The molecule has 1 aliphatic rings. The predicted molar refractivity (Wildman–Crippen MR) is 117 cm³/mol. The van der Waals surface area contributed by atoms with E-state index in [1.807, 2.05) is 26.1 Å². The number of nitrogens with zero attached hydrogens (tertiary/aromatic N) is 3. The average Bonchev–Trinajstić information content (AvgIpc) is 3.19. The summed E-state index contributed by atoms with van der Waals surface area (Å²) in [5.74, 6) is -0.446. The number of aromatic amines is 1. The SMILES string of the molecule is CNC(=O)CC(C)NC(=O)C1C=CCc2c(c(-c3cc4nccnc4[nH]3)cn2C)C1.[HH]. The van der Waals surface area contributed by atoms with E-state index in [0.29, 0.717) is 6.42 Å². The van der Waals surface area contributed by atoms with Gasteiger partial charge in [-0.05, 0) is 25.0 Å². The van der Waals surface area contributed by atoms with Gasteiger partial charge in [-0.1, -0.05) is 12.2 Å². The normalized spacial score (nSPS) is 16.7. The molecule has 0 radical (unpaired) electrons. The molecule has 3 aromatic rings. The van der Waals surface area contributed by atoms with Gasteiger partial charge in [-0.2, -0.15) is 0 Å². The van der Waals surface area contributed by atoms with Gasteiger partial charge in [0.25, 0.3) is 0 Å². The summed E-state index contributed by atoms with van der Waals surface area (Å²) in [5, 5.41) is 5.57. The smallest absolute Gasteiger partial charge is 0.227 e. The average molecular weight is 409 g/mol. The highest BCUT2D eigenvalue weighted by Crippen LogP contribution is 2.33. The maximum atomic E-state index is 12.9. The molecular formula is C22H28N6O2. The van der Waals surface area contributed by atoms with E-state index in [1.165, 1.54) is 5.69 Å². The molecule has 3 aromatic heterocycles. The second kappa shape index (κ2) is 8.14. The third-order valence-corrected chi connectivity index (χ3v) is 5.57. The number of nitrogens with one attached hydrogen (secondary N) is 3. The Morgan fingerprint density at radius 1 is 1.37 bits per heavy atom. The van der Waals surface area contributed by atoms with Crippen molar-refractivity contribution >= 4 is 23.0 Å². The first-order valence-electron chi connectivity index (χ1n) is 10.1. The van der Waals surface area contributed by atoms with Gasteiger partial charge in [0, 0.05) is 64.3 Å². The quantitative estimate of drug-likeness (QED) is 0.563. The molecule has 0 saturated heterocycles. The fraction of sp³-hybridized carbons (Fsp3) is 0.364. The van der Waals surface area contributed by atoms with E-state index in [2.05, 4.69) is 42.4 Å². The molecule has 2 atom stereocenters. The molecule has 30 heavy (non-hydrogen) atoms. The molecule has 3 N–H and O–H groups in total. The number of fused-ring (bicyclic) bond motifs is 2. The van der Waals surface area contributed by atoms with Gasteiger partial charge in [0.05, 0.1) is 11.6 Å². The van der Waals surface area contributed by atoms with Crippen molar-refractivity contribution in [2.24, 2.45) is 13.0 Å². The first-order chi connectivity index (χ1) is 14.5. The molecule has 8 heteroatoms. The van der Waals surface area contributed by atoms with Crippen molar-refractivity contribution in [1.82, 2.24) is 30.2 Å². The Balaban J connectivity index is 0.00000272. The Kier molecular flexibility index (Phi) is 5.39. The molecule has 0 spiro atoms. The van der Waals surface area contributed by atoms with Gasteiger partial charge in [-0.25, -0.2) is 4.98 Å². The number of rotatable bonds is 5. The van der Waals surface area contributed by atoms with Crippen molar-refractivity contribution in [2.75, 3.05) is 7.05 Å². The first-order valence-corrected chi connectivity index (χ1v) is 10.1. The van der Waals surface area contributed by atoms with E-state index in [4.69, 9.17) is 0 Å². The minimum atomic E-state index is -0.292. The Morgan fingerprint density at radius 2 is 2.17 bits per heavy atom. The molecule has 158 valence electrons.